The van der Waals surface area contributed by atoms with E-state index < -0.39 is 5.41 Å². The van der Waals surface area contributed by atoms with Crippen molar-refractivity contribution in [3.05, 3.63) is 54.0 Å². The second kappa shape index (κ2) is 8.69. The molecule has 150 valence electrons. The Kier molecular flexibility index (Phi) is 6.29. The van der Waals surface area contributed by atoms with E-state index in [2.05, 4.69) is 20.1 Å². The van der Waals surface area contributed by atoms with E-state index in [9.17, 15) is 9.18 Å². The zero-order valence-corrected chi connectivity index (χ0v) is 16.9. The van der Waals surface area contributed by atoms with E-state index >= 15 is 0 Å². The zero-order valence-electron chi connectivity index (χ0n) is 16.9. The Morgan fingerprint density at radius 1 is 1.07 bits per heavy atom. The molecule has 2 aromatic rings. The number of hydrogen-bond acceptors (Lipinski definition) is 4. The molecule has 0 bridgehead atoms. The fraction of sp³-hybridized carbons (Fsp3) is 0.455. The van der Waals surface area contributed by atoms with E-state index in [1.807, 2.05) is 45.0 Å². The normalized spacial score (nSPS) is 15.9. The number of carbonyl (C=O) groups is 1. The number of rotatable bonds is 4. The van der Waals surface area contributed by atoms with Crippen LogP contribution in [0, 0.1) is 11.2 Å². The maximum absolute atomic E-state index is 13.1. The monoisotopic (exact) mass is 384 g/mol. The molecule has 0 radical (unpaired) electrons. The van der Waals surface area contributed by atoms with Gasteiger partial charge >= 0.3 is 0 Å². The number of anilines is 2. The maximum Gasteiger partial charge on any atom is 0.229 e. The third-order valence-electron chi connectivity index (χ3n) is 4.92. The van der Waals surface area contributed by atoms with Gasteiger partial charge in [-0.3, -0.25) is 9.69 Å². The molecule has 0 saturated carbocycles. The topological polar surface area (TPSA) is 48.5 Å². The van der Waals surface area contributed by atoms with Crippen LogP contribution in [0.25, 0.3) is 0 Å². The molecule has 0 atom stereocenters. The summed E-state index contributed by atoms with van der Waals surface area (Å²) in [6.45, 7) is 10.3. The fourth-order valence-electron chi connectivity index (χ4n) is 3.17. The molecular weight excluding hydrogens is 355 g/mol. The van der Waals surface area contributed by atoms with Gasteiger partial charge in [0.05, 0.1) is 11.9 Å². The van der Waals surface area contributed by atoms with Crippen molar-refractivity contribution in [2.24, 2.45) is 5.41 Å². The van der Waals surface area contributed by atoms with Gasteiger partial charge in [-0.25, -0.2) is 9.37 Å². The van der Waals surface area contributed by atoms with E-state index in [1.54, 1.807) is 6.20 Å². The highest BCUT2D eigenvalue weighted by atomic mass is 19.1. The third-order valence-corrected chi connectivity index (χ3v) is 4.92. The van der Waals surface area contributed by atoms with Gasteiger partial charge in [-0.05, 0) is 36.2 Å². The van der Waals surface area contributed by atoms with Crippen molar-refractivity contribution < 1.29 is 9.18 Å². The van der Waals surface area contributed by atoms with Gasteiger partial charge in [0.25, 0.3) is 0 Å². The second-order valence-corrected chi connectivity index (χ2v) is 8.35. The number of aromatic nitrogens is 1. The fourth-order valence-corrected chi connectivity index (χ4v) is 3.17. The summed E-state index contributed by atoms with van der Waals surface area (Å²) in [5, 5.41) is 2.91. The second-order valence-electron chi connectivity index (χ2n) is 8.35. The van der Waals surface area contributed by atoms with Gasteiger partial charge in [0.15, 0.2) is 0 Å². The first-order valence-corrected chi connectivity index (χ1v) is 9.80. The average molecular weight is 384 g/mol. The van der Waals surface area contributed by atoms with Crippen molar-refractivity contribution in [2.45, 2.75) is 33.7 Å². The summed E-state index contributed by atoms with van der Waals surface area (Å²) in [5.41, 5.74) is 1.42. The highest BCUT2D eigenvalue weighted by molar-refractivity contribution is 5.94. The van der Waals surface area contributed by atoms with Crippen molar-refractivity contribution in [3.63, 3.8) is 0 Å². The zero-order chi connectivity index (χ0) is 20.1. The van der Waals surface area contributed by atoms with Crippen molar-refractivity contribution in [1.29, 1.82) is 0 Å². The van der Waals surface area contributed by atoms with Gasteiger partial charge in [0.2, 0.25) is 5.91 Å². The number of halogens is 1. The lowest BCUT2D eigenvalue weighted by Gasteiger charge is -2.23. The van der Waals surface area contributed by atoms with E-state index in [1.165, 1.54) is 12.1 Å². The highest BCUT2D eigenvalue weighted by Gasteiger charge is 2.21. The summed E-state index contributed by atoms with van der Waals surface area (Å²) < 4.78 is 13.1. The summed E-state index contributed by atoms with van der Waals surface area (Å²) in [6, 6.07) is 10.6. The molecule has 1 saturated heterocycles. The van der Waals surface area contributed by atoms with Crippen LogP contribution in [-0.4, -0.2) is 42.0 Å². The Hall–Kier alpha value is -2.47. The van der Waals surface area contributed by atoms with Crippen LogP contribution < -0.4 is 10.2 Å². The first kappa shape index (κ1) is 20.3. The summed E-state index contributed by atoms with van der Waals surface area (Å²) in [6.07, 6.45) is 2.77. The van der Waals surface area contributed by atoms with Crippen LogP contribution in [0.15, 0.2) is 42.6 Å². The SMILES string of the molecule is CC(C)(C)C(=O)Nc1ccc(N2CCCN(Cc3ccc(F)cc3)CC2)nc1. The molecule has 0 spiro atoms. The number of amides is 1. The molecule has 2 heterocycles. The van der Waals surface area contributed by atoms with Crippen LogP contribution in [0.5, 0.6) is 0 Å². The number of carbonyl (C=O) groups excluding carboxylic acids is 1. The number of nitrogens with zero attached hydrogens (tertiary/aromatic N) is 3. The van der Waals surface area contributed by atoms with Crippen molar-refractivity contribution >= 4 is 17.4 Å². The van der Waals surface area contributed by atoms with Gasteiger partial charge in [-0.2, -0.15) is 0 Å². The predicted molar refractivity (Wildman–Crippen MR) is 111 cm³/mol. The van der Waals surface area contributed by atoms with Crippen LogP contribution in [0.3, 0.4) is 0 Å². The summed E-state index contributed by atoms with van der Waals surface area (Å²) >= 11 is 0. The summed E-state index contributed by atoms with van der Waals surface area (Å²) in [4.78, 5) is 21.3. The molecule has 1 aromatic heterocycles. The third kappa shape index (κ3) is 5.52. The molecule has 0 unspecified atom stereocenters. The molecule has 0 aliphatic carbocycles. The van der Waals surface area contributed by atoms with Crippen LogP contribution in [0.1, 0.15) is 32.8 Å². The minimum atomic E-state index is -0.433. The maximum atomic E-state index is 13.1. The summed E-state index contributed by atoms with van der Waals surface area (Å²) in [5.74, 6) is 0.713. The molecule has 1 amide bonds. The Labute approximate surface area is 166 Å². The van der Waals surface area contributed by atoms with Crippen LogP contribution in [0.2, 0.25) is 0 Å². The molecule has 6 heteroatoms. The number of benzene rings is 1. The first-order valence-electron chi connectivity index (χ1n) is 9.80. The van der Waals surface area contributed by atoms with Crippen LogP contribution >= 0.6 is 0 Å². The van der Waals surface area contributed by atoms with Gasteiger partial charge < -0.3 is 10.2 Å². The Morgan fingerprint density at radius 3 is 2.46 bits per heavy atom. The predicted octanol–water partition coefficient (Wildman–Crippen LogP) is 3.92. The van der Waals surface area contributed by atoms with Gasteiger partial charge in [0.1, 0.15) is 11.6 Å². The highest BCUT2D eigenvalue weighted by Crippen LogP contribution is 2.20. The Bertz CT molecular complexity index is 784. The molecule has 5 nitrogen and oxygen atoms in total. The number of pyridine rings is 1. The number of nitrogens with one attached hydrogen (secondary N) is 1. The van der Waals surface area contributed by atoms with E-state index in [4.69, 9.17) is 0 Å². The Morgan fingerprint density at radius 2 is 1.82 bits per heavy atom. The molecule has 1 aromatic carbocycles. The molecule has 3 rings (SSSR count). The van der Waals surface area contributed by atoms with Crippen molar-refractivity contribution in [3.8, 4) is 0 Å². The lowest BCUT2D eigenvalue weighted by atomic mass is 9.96. The molecule has 1 fully saturated rings. The molecule has 1 aliphatic heterocycles. The lowest BCUT2D eigenvalue weighted by Crippen LogP contribution is -2.31. The van der Waals surface area contributed by atoms with Gasteiger partial charge in [0, 0.05) is 38.1 Å². The minimum Gasteiger partial charge on any atom is -0.355 e. The molecule has 1 aliphatic rings. The summed E-state index contributed by atoms with van der Waals surface area (Å²) in [7, 11) is 0. The van der Waals surface area contributed by atoms with E-state index in [0.717, 1.165) is 56.2 Å². The van der Waals surface area contributed by atoms with Crippen molar-refractivity contribution in [1.82, 2.24) is 9.88 Å². The van der Waals surface area contributed by atoms with Crippen molar-refractivity contribution in [2.75, 3.05) is 36.4 Å². The first-order chi connectivity index (χ1) is 13.3. The van der Waals surface area contributed by atoms with Crippen LogP contribution in [-0.2, 0) is 11.3 Å². The largest absolute Gasteiger partial charge is 0.355 e. The standard InChI is InChI=1S/C22H29FN4O/c1-22(2,3)21(28)25-19-9-10-20(24-15-19)27-12-4-11-26(13-14-27)16-17-5-7-18(23)8-6-17/h5-10,15H,4,11-14,16H2,1-3H3,(H,25,28). The van der Waals surface area contributed by atoms with Gasteiger partial charge in [-0.1, -0.05) is 32.9 Å². The van der Waals surface area contributed by atoms with Crippen LogP contribution in [0.4, 0.5) is 15.9 Å². The molecular formula is C22H29FN4O. The Balaban J connectivity index is 1.56. The quantitative estimate of drug-likeness (QED) is 0.868. The lowest BCUT2D eigenvalue weighted by molar-refractivity contribution is -0.123. The smallest absolute Gasteiger partial charge is 0.229 e. The van der Waals surface area contributed by atoms with E-state index in [0.29, 0.717) is 0 Å². The number of hydrogen-bond donors (Lipinski definition) is 1. The average Bonchev–Trinajstić information content (AvgIpc) is 2.89. The molecule has 28 heavy (non-hydrogen) atoms. The van der Waals surface area contributed by atoms with Gasteiger partial charge in [-0.15, -0.1) is 0 Å². The van der Waals surface area contributed by atoms with E-state index in [-0.39, 0.29) is 11.7 Å². The molecule has 1 N–H and O–H groups in total. The minimum absolute atomic E-state index is 0.0201.